The van der Waals surface area contributed by atoms with E-state index in [-0.39, 0.29) is 5.91 Å². The number of anilines is 1. The summed E-state index contributed by atoms with van der Waals surface area (Å²) in [6.45, 7) is 9.45. The van der Waals surface area contributed by atoms with Crippen LogP contribution in [0.2, 0.25) is 0 Å². The normalized spacial score (nSPS) is 21.3. The fraction of sp³-hybridized carbons (Fsp3) is 0.667. The largest absolute Gasteiger partial charge is 0.370 e. The number of likely N-dealkylation sites (tertiary alicyclic amines) is 1. The molecule has 1 aromatic rings. The monoisotopic (exact) mass is 401 g/mol. The first-order chi connectivity index (χ1) is 14.0. The van der Waals surface area contributed by atoms with Crippen LogP contribution in [0.1, 0.15) is 31.7 Å². The van der Waals surface area contributed by atoms with Gasteiger partial charge in [-0.3, -0.25) is 4.79 Å². The van der Waals surface area contributed by atoms with Crippen LogP contribution in [0.25, 0.3) is 0 Å². The summed E-state index contributed by atoms with van der Waals surface area (Å²) in [6.07, 6.45) is 4.45. The summed E-state index contributed by atoms with van der Waals surface area (Å²) in [6, 6.07) is 4.20. The topological polar surface area (TPSA) is 90.1 Å². The van der Waals surface area contributed by atoms with Gasteiger partial charge < -0.3 is 25.8 Å². The van der Waals surface area contributed by atoms with Crippen molar-refractivity contribution in [1.29, 1.82) is 0 Å². The second-order valence-electron chi connectivity index (χ2n) is 8.11. The molecule has 0 bridgehead atoms. The number of hydrogen-bond acceptors (Lipinski definition) is 5. The Bertz CT molecular complexity index is 700. The van der Waals surface area contributed by atoms with Crippen molar-refractivity contribution in [2.45, 2.75) is 32.7 Å². The Morgan fingerprint density at radius 1 is 1.31 bits per heavy atom. The summed E-state index contributed by atoms with van der Waals surface area (Å²) < 4.78 is 0. The maximum atomic E-state index is 11.3. The van der Waals surface area contributed by atoms with E-state index in [0.717, 1.165) is 76.0 Å². The molecule has 0 spiro atoms. The third-order valence-corrected chi connectivity index (χ3v) is 5.69. The van der Waals surface area contributed by atoms with Crippen molar-refractivity contribution in [2.75, 3.05) is 57.8 Å². The highest BCUT2D eigenvalue weighted by Gasteiger charge is 2.23. The number of amides is 1. The Hall–Kier alpha value is -2.35. The van der Waals surface area contributed by atoms with E-state index in [9.17, 15) is 4.79 Å². The first kappa shape index (κ1) is 21.4. The number of rotatable bonds is 6. The molecule has 0 radical (unpaired) electrons. The van der Waals surface area contributed by atoms with E-state index in [1.807, 2.05) is 12.3 Å². The van der Waals surface area contributed by atoms with Gasteiger partial charge in [0.25, 0.3) is 0 Å². The van der Waals surface area contributed by atoms with Crippen molar-refractivity contribution in [3.8, 4) is 0 Å². The van der Waals surface area contributed by atoms with Crippen LogP contribution < -0.4 is 16.0 Å². The molecule has 0 saturated carbocycles. The summed E-state index contributed by atoms with van der Waals surface area (Å²) >= 11 is 0. The smallest absolute Gasteiger partial charge is 0.217 e. The van der Waals surface area contributed by atoms with Gasteiger partial charge in [0.1, 0.15) is 5.82 Å². The molecular formula is C21H35N7O. The van der Waals surface area contributed by atoms with E-state index in [1.165, 1.54) is 0 Å². The highest BCUT2D eigenvalue weighted by atomic mass is 16.1. The average molecular weight is 402 g/mol. The van der Waals surface area contributed by atoms with Gasteiger partial charge in [0, 0.05) is 58.4 Å². The van der Waals surface area contributed by atoms with Crippen LogP contribution in [0, 0.1) is 5.92 Å². The summed E-state index contributed by atoms with van der Waals surface area (Å²) in [5, 5.41) is 3.41. The lowest BCUT2D eigenvalue weighted by atomic mass is 9.95. The number of aliphatic imine (C=N–C) groups is 1. The Balaban J connectivity index is 1.65. The molecule has 160 valence electrons. The van der Waals surface area contributed by atoms with Crippen LogP contribution >= 0.6 is 0 Å². The summed E-state index contributed by atoms with van der Waals surface area (Å²) in [7, 11) is 2.16. The van der Waals surface area contributed by atoms with Gasteiger partial charge in [0.2, 0.25) is 5.91 Å². The number of piperidine rings is 1. The number of carbonyl (C=O) groups is 1. The van der Waals surface area contributed by atoms with E-state index in [2.05, 4.69) is 45.0 Å². The number of nitrogens with one attached hydrogen (secondary N) is 1. The molecule has 0 aliphatic carbocycles. The van der Waals surface area contributed by atoms with Gasteiger partial charge in [-0.1, -0.05) is 0 Å². The first-order valence-corrected chi connectivity index (χ1v) is 10.7. The predicted octanol–water partition coefficient (Wildman–Crippen LogP) is 0.886. The molecule has 1 unspecified atom stereocenters. The van der Waals surface area contributed by atoms with Crippen molar-refractivity contribution in [3.05, 3.63) is 23.9 Å². The number of pyridine rings is 1. The molecule has 8 heteroatoms. The fourth-order valence-electron chi connectivity index (χ4n) is 4.07. The fourth-order valence-corrected chi connectivity index (χ4v) is 4.07. The Kier molecular flexibility index (Phi) is 7.69. The van der Waals surface area contributed by atoms with Gasteiger partial charge in [-0.15, -0.1) is 0 Å². The number of nitrogens with zero attached hydrogens (tertiary/aromatic N) is 5. The molecule has 1 atom stereocenters. The van der Waals surface area contributed by atoms with Gasteiger partial charge in [-0.2, -0.15) is 0 Å². The number of likely N-dealkylation sites (N-methyl/N-ethyl adjacent to an activating group) is 1. The van der Waals surface area contributed by atoms with E-state index < -0.39 is 0 Å². The van der Waals surface area contributed by atoms with Crippen LogP contribution in [0.4, 0.5) is 5.82 Å². The molecule has 2 fully saturated rings. The van der Waals surface area contributed by atoms with E-state index in [1.54, 1.807) is 0 Å². The molecule has 3 rings (SSSR count). The van der Waals surface area contributed by atoms with Crippen molar-refractivity contribution < 1.29 is 4.79 Å². The lowest BCUT2D eigenvalue weighted by molar-refractivity contribution is -0.119. The van der Waals surface area contributed by atoms with E-state index >= 15 is 0 Å². The third-order valence-electron chi connectivity index (χ3n) is 5.69. The van der Waals surface area contributed by atoms with Crippen LogP contribution in [0.5, 0.6) is 0 Å². The highest BCUT2D eigenvalue weighted by Crippen LogP contribution is 2.20. The predicted molar refractivity (Wildman–Crippen MR) is 117 cm³/mol. The molecule has 1 aromatic heterocycles. The molecule has 1 amide bonds. The molecule has 29 heavy (non-hydrogen) atoms. The molecule has 8 nitrogen and oxygen atoms in total. The summed E-state index contributed by atoms with van der Waals surface area (Å²) in [5.41, 5.74) is 6.57. The number of carbonyl (C=O) groups excluding carboxylic acids is 1. The highest BCUT2D eigenvalue weighted by molar-refractivity contribution is 5.80. The van der Waals surface area contributed by atoms with E-state index in [0.29, 0.717) is 18.9 Å². The Morgan fingerprint density at radius 3 is 2.83 bits per heavy atom. The minimum atomic E-state index is -0.216. The lowest BCUT2D eigenvalue weighted by Gasteiger charge is -2.34. The van der Waals surface area contributed by atoms with Crippen molar-refractivity contribution >= 4 is 17.7 Å². The van der Waals surface area contributed by atoms with Crippen molar-refractivity contribution in [3.63, 3.8) is 0 Å². The van der Waals surface area contributed by atoms with Gasteiger partial charge in [0.15, 0.2) is 5.96 Å². The Labute approximate surface area is 174 Å². The molecule has 3 N–H and O–H groups in total. The van der Waals surface area contributed by atoms with Gasteiger partial charge in [-0.05, 0) is 50.4 Å². The zero-order chi connectivity index (χ0) is 20.6. The van der Waals surface area contributed by atoms with Gasteiger partial charge in [-0.25, -0.2) is 9.98 Å². The maximum absolute atomic E-state index is 11.3. The van der Waals surface area contributed by atoms with E-state index in [4.69, 9.17) is 10.7 Å². The number of piperazine rings is 1. The van der Waals surface area contributed by atoms with Gasteiger partial charge >= 0.3 is 0 Å². The number of aromatic nitrogens is 1. The zero-order valence-electron chi connectivity index (χ0n) is 17.8. The molecule has 2 saturated heterocycles. The number of nitrogens with two attached hydrogens (primary N) is 1. The molecule has 3 heterocycles. The second kappa shape index (κ2) is 10.4. The third kappa shape index (κ3) is 6.32. The number of hydrogen-bond donors (Lipinski definition) is 2. The van der Waals surface area contributed by atoms with Crippen LogP contribution in [0.3, 0.4) is 0 Å². The quantitative estimate of drug-likeness (QED) is 0.543. The summed E-state index contributed by atoms with van der Waals surface area (Å²) in [5.74, 6) is 2.05. The summed E-state index contributed by atoms with van der Waals surface area (Å²) in [4.78, 5) is 27.7. The van der Waals surface area contributed by atoms with Crippen LogP contribution in [0.15, 0.2) is 23.3 Å². The molecular weight excluding hydrogens is 366 g/mol. The molecule has 2 aliphatic rings. The van der Waals surface area contributed by atoms with Crippen LogP contribution in [-0.4, -0.2) is 79.5 Å². The lowest BCUT2D eigenvalue weighted by Crippen LogP contribution is -2.47. The van der Waals surface area contributed by atoms with Crippen molar-refractivity contribution in [1.82, 2.24) is 20.1 Å². The molecule has 2 aliphatic heterocycles. The number of primary amides is 1. The average Bonchev–Trinajstić information content (AvgIpc) is 2.71. The van der Waals surface area contributed by atoms with Crippen LogP contribution in [-0.2, 0) is 11.3 Å². The maximum Gasteiger partial charge on any atom is 0.217 e. The minimum absolute atomic E-state index is 0.216. The first-order valence-electron chi connectivity index (χ1n) is 10.7. The number of guanidine groups is 1. The Morgan fingerprint density at radius 2 is 2.10 bits per heavy atom. The zero-order valence-corrected chi connectivity index (χ0v) is 17.8. The van der Waals surface area contributed by atoms with Crippen molar-refractivity contribution in [2.24, 2.45) is 16.6 Å². The molecule has 0 aromatic carbocycles. The second-order valence-corrected chi connectivity index (χ2v) is 8.11. The standard InChI is InChI=1S/C21H35N7O/c1-3-23-21(28-8-4-5-18(16-28)13-19(22)29)25-15-17-6-7-24-20(14-17)27-11-9-26(2)10-12-27/h6-7,14,18H,3-5,8-13,15-16H2,1-2H3,(H2,22,29)(H,23,25). The van der Waals surface area contributed by atoms with Gasteiger partial charge in [0.05, 0.1) is 6.54 Å². The minimum Gasteiger partial charge on any atom is -0.370 e. The SMILES string of the molecule is CCNC(=NCc1ccnc(N2CCN(C)CC2)c1)N1CCCC(CC(N)=O)C1.